The first-order chi connectivity index (χ1) is 9.46. The predicted molar refractivity (Wildman–Crippen MR) is 81.8 cm³/mol. The Hall–Kier alpha value is -1.40. The summed E-state index contributed by atoms with van der Waals surface area (Å²) in [5.41, 5.74) is 0.821. The van der Waals surface area contributed by atoms with Gasteiger partial charge in [0.2, 0.25) is 10.0 Å². The molecule has 0 radical (unpaired) electrons. The standard InChI is InChI=1S/C15H23NO4S/c1-11-6-7-12(2)13(10-11)21(19,20)16(15(3,4)5)9-8-14(17)18/h6-7,10H,8-9H2,1-5H3,(H,17,18). The molecule has 0 amide bonds. The van der Waals surface area contributed by atoms with Crippen LogP contribution in [0.1, 0.15) is 38.3 Å². The average molecular weight is 313 g/mol. The van der Waals surface area contributed by atoms with Crippen LogP contribution in [-0.4, -0.2) is 35.9 Å². The second-order valence-corrected chi connectivity index (χ2v) is 7.99. The van der Waals surface area contributed by atoms with Crippen LogP contribution in [0, 0.1) is 13.8 Å². The van der Waals surface area contributed by atoms with E-state index in [9.17, 15) is 13.2 Å². The number of hydrogen-bond acceptors (Lipinski definition) is 3. The minimum atomic E-state index is -3.74. The summed E-state index contributed by atoms with van der Waals surface area (Å²) in [4.78, 5) is 11.0. The second-order valence-electron chi connectivity index (χ2n) is 6.16. The summed E-state index contributed by atoms with van der Waals surface area (Å²) in [6.45, 7) is 8.81. The molecule has 0 atom stereocenters. The number of nitrogens with zero attached hydrogens (tertiary/aromatic N) is 1. The third kappa shape index (κ3) is 4.28. The molecule has 21 heavy (non-hydrogen) atoms. The maximum Gasteiger partial charge on any atom is 0.304 e. The fourth-order valence-corrected chi connectivity index (χ4v) is 4.22. The van der Waals surface area contributed by atoms with Gasteiger partial charge in [-0.05, 0) is 51.8 Å². The summed E-state index contributed by atoms with van der Waals surface area (Å²) in [6, 6.07) is 5.25. The summed E-state index contributed by atoms with van der Waals surface area (Å²) in [5, 5.41) is 8.84. The van der Waals surface area contributed by atoms with Crippen LogP contribution in [0.25, 0.3) is 0 Å². The Balaban J connectivity index is 3.33. The lowest BCUT2D eigenvalue weighted by atomic mass is 10.1. The summed E-state index contributed by atoms with van der Waals surface area (Å²) >= 11 is 0. The third-order valence-corrected chi connectivity index (χ3v) is 5.49. The van der Waals surface area contributed by atoms with Crippen LogP contribution in [-0.2, 0) is 14.8 Å². The highest BCUT2D eigenvalue weighted by atomic mass is 32.2. The van der Waals surface area contributed by atoms with Crippen molar-refractivity contribution in [1.82, 2.24) is 4.31 Å². The van der Waals surface area contributed by atoms with Crippen LogP contribution in [0.5, 0.6) is 0 Å². The van der Waals surface area contributed by atoms with E-state index in [0.29, 0.717) is 5.56 Å². The predicted octanol–water partition coefficient (Wildman–Crippen LogP) is 2.57. The van der Waals surface area contributed by atoms with Crippen molar-refractivity contribution < 1.29 is 18.3 Å². The number of carbonyl (C=O) groups is 1. The SMILES string of the molecule is Cc1ccc(C)c(S(=O)(=O)N(CCC(=O)O)C(C)(C)C)c1. The molecule has 0 aliphatic rings. The van der Waals surface area contributed by atoms with E-state index in [0.717, 1.165) is 5.56 Å². The molecular formula is C15H23NO4S. The number of rotatable bonds is 5. The topological polar surface area (TPSA) is 74.7 Å². The molecule has 0 spiro atoms. The molecule has 0 aliphatic carbocycles. The van der Waals surface area contributed by atoms with Gasteiger partial charge in [-0.1, -0.05) is 12.1 Å². The molecular weight excluding hydrogens is 290 g/mol. The van der Waals surface area contributed by atoms with Gasteiger partial charge < -0.3 is 5.11 Å². The molecule has 1 rings (SSSR count). The molecule has 1 aromatic rings. The highest BCUT2D eigenvalue weighted by molar-refractivity contribution is 7.89. The lowest BCUT2D eigenvalue weighted by Crippen LogP contribution is -2.46. The molecule has 0 unspecified atom stereocenters. The van der Waals surface area contributed by atoms with E-state index in [4.69, 9.17) is 5.11 Å². The zero-order valence-electron chi connectivity index (χ0n) is 13.2. The van der Waals surface area contributed by atoms with E-state index >= 15 is 0 Å². The second kappa shape index (κ2) is 6.15. The Kier molecular flexibility index (Phi) is 5.17. The maximum absolute atomic E-state index is 12.9. The van der Waals surface area contributed by atoms with Crippen molar-refractivity contribution in [3.8, 4) is 0 Å². The van der Waals surface area contributed by atoms with Gasteiger partial charge in [-0.25, -0.2) is 8.42 Å². The van der Waals surface area contributed by atoms with Crippen molar-refractivity contribution in [2.24, 2.45) is 0 Å². The quantitative estimate of drug-likeness (QED) is 0.906. The molecule has 1 N–H and O–H groups in total. The summed E-state index contributed by atoms with van der Waals surface area (Å²) in [5.74, 6) is -1.01. The number of hydrogen-bond donors (Lipinski definition) is 1. The molecule has 0 heterocycles. The van der Waals surface area contributed by atoms with E-state index < -0.39 is 21.5 Å². The van der Waals surface area contributed by atoms with Gasteiger partial charge in [-0.15, -0.1) is 0 Å². The fourth-order valence-electron chi connectivity index (χ4n) is 2.12. The summed E-state index contributed by atoms with van der Waals surface area (Å²) in [6.07, 6.45) is -0.221. The van der Waals surface area contributed by atoms with Crippen molar-refractivity contribution in [1.29, 1.82) is 0 Å². The van der Waals surface area contributed by atoms with E-state index in [1.807, 2.05) is 13.0 Å². The molecule has 0 saturated carbocycles. The Morgan fingerprint density at radius 1 is 1.24 bits per heavy atom. The van der Waals surface area contributed by atoms with Gasteiger partial charge in [0, 0.05) is 12.1 Å². The molecule has 118 valence electrons. The zero-order chi connectivity index (χ0) is 16.4. The smallest absolute Gasteiger partial charge is 0.304 e. The minimum Gasteiger partial charge on any atom is -0.481 e. The maximum atomic E-state index is 12.9. The first-order valence-electron chi connectivity index (χ1n) is 6.78. The van der Waals surface area contributed by atoms with Crippen molar-refractivity contribution in [3.05, 3.63) is 29.3 Å². The van der Waals surface area contributed by atoms with Crippen LogP contribution in [0.15, 0.2) is 23.1 Å². The van der Waals surface area contributed by atoms with Gasteiger partial charge in [-0.2, -0.15) is 4.31 Å². The van der Waals surface area contributed by atoms with Gasteiger partial charge in [0.15, 0.2) is 0 Å². The van der Waals surface area contributed by atoms with Gasteiger partial charge in [0.1, 0.15) is 0 Å². The van der Waals surface area contributed by atoms with Gasteiger partial charge in [0.05, 0.1) is 11.3 Å². The van der Waals surface area contributed by atoms with E-state index in [2.05, 4.69) is 0 Å². The van der Waals surface area contributed by atoms with Crippen molar-refractivity contribution in [2.75, 3.05) is 6.54 Å². The Morgan fingerprint density at radius 3 is 2.29 bits per heavy atom. The van der Waals surface area contributed by atoms with E-state index in [1.165, 1.54) is 4.31 Å². The first-order valence-corrected chi connectivity index (χ1v) is 8.22. The Labute approximate surface area is 126 Å². The highest BCUT2D eigenvalue weighted by Gasteiger charge is 2.35. The van der Waals surface area contributed by atoms with Gasteiger partial charge >= 0.3 is 5.97 Å². The van der Waals surface area contributed by atoms with Gasteiger partial charge in [0.25, 0.3) is 0 Å². The lowest BCUT2D eigenvalue weighted by molar-refractivity contribution is -0.137. The number of benzene rings is 1. The largest absolute Gasteiger partial charge is 0.481 e. The molecule has 0 aliphatic heterocycles. The normalized spacial score (nSPS) is 12.7. The molecule has 1 aromatic carbocycles. The van der Waals surface area contributed by atoms with Crippen LogP contribution in [0.2, 0.25) is 0 Å². The van der Waals surface area contributed by atoms with Crippen molar-refractivity contribution in [2.45, 2.75) is 51.5 Å². The molecule has 0 aromatic heterocycles. The molecule has 0 bridgehead atoms. The van der Waals surface area contributed by atoms with Crippen LogP contribution in [0.3, 0.4) is 0 Å². The summed E-state index contributed by atoms with van der Waals surface area (Å²) in [7, 11) is -3.74. The fraction of sp³-hybridized carbons (Fsp3) is 0.533. The van der Waals surface area contributed by atoms with Gasteiger partial charge in [-0.3, -0.25) is 4.79 Å². The van der Waals surface area contributed by atoms with E-state index in [1.54, 1.807) is 39.8 Å². The molecule has 5 nitrogen and oxygen atoms in total. The molecule has 0 saturated heterocycles. The van der Waals surface area contributed by atoms with Crippen LogP contribution in [0.4, 0.5) is 0 Å². The Bertz CT molecular complexity index is 630. The zero-order valence-corrected chi connectivity index (χ0v) is 14.0. The first kappa shape index (κ1) is 17.7. The average Bonchev–Trinajstić information content (AvgIpc) is 2.29. The number of aryl methyl sites for hydroxylation is 2. The molecule has 6 heteroatoms. The Morgan fingerprint density at radius 2 is 1.81 bits per heavy atom. The third-order valence-electron chi connectivity index (χ3n) is 3.19. The highest BCUT2D eigenvalue weighted by Crippen LogP contribution is 2.27. The molecule has 0 fully saturated rings. The number of carboxylic acids is 1. The number of carboxylic acid groups (broad SMARTS) is 1. The van der Waals surface area contributed by atoms with Crippen LogP contribution >= 0.6 is 0 Å². The van der Waals surface area contributed by atoms with Crippen molar-refractivity contribution >= 4 is 16.0 Å². The van der Waals surface area contributed by atoms with Crippen molar-refractivity contribution in [3.63, 3.8) is 0 Å². The lowest BCUT2D eigenvalue weighted by Gasteiger charge is -2.34. The number of aliphatic carboxylic acids is 1. The minimum absolute atomic E-state index is 0.0471. The number of sulfonamides is 1. The monoisotopic (exact) mass is 313 g/mol. The van der Waals surface area contributed by atoms with Crippen LogP contribution < -0.4 is 0 Å². The summed E-state index contributed by atoms with van der Waals surface area (Å²) < 4.78 is 27.1. The van der Waals surface area contributed by atoms with E-state index in [-0.39, 0.29) is 17.9 Å².